The second-order valence-electron chi connectivity index (χ2n) is 14.4. The molecule has 2 aliphatic heterocycles. The third kappa shape index (κ3) is 10.7. The van der Waals surface area contributed by atoms with Crippen LogP contribution in [0.25, 0.3) is 0 Å². The lowest BCUT2D eigenvalue weighted by molar-refractivity contribution is -0.384. The van der Waals surface area contributed by atoms with Crippen LogP contribution in [0.15, 0.2) is 36.1 Å². The first-order valence-corrected chi connectivity index (χ1v) is 16.8. The Morgan fingerprint density at radius 3 is 2.51 bits per heavy atom. The molecule has 1 aliphatic carbocycles. The van der Waals surface area contributed by atoms with Crippen LogP contribution in [0.5, 0.6) is 0 Å². The zero-order chi connectivity index (χ0) is 37.7. The molecule has 0 unspecified atom stereocenters. The number of ether oxygens (including phenoxy) is 6. The van der Waals surface area contributed by atoms with Crippen molar-refractivity contribution < 1.29 is 58.3 Å². The van der Waals surface area contributed by atoms with Gasteiger partial charge in [-0.1, -0.05) is 19.1 Å². The van der Waals surface area contributed by atoms with E-state index in [1.165, 1.54) is 25.1 Å². The Kier molecular flexibility index (Phi) is 13.2. The lowest BCUT2D eigenvalue weighted by Gasteiger charge is -2.48. The number of nitrogens with one attached hydrogen (secondary N) is 3. The third-order valence-corrected chi connectivity index (χ3v) is 8.82. The highest BCUT2D eigenvalue weighted by atomic mass is 16.7. The van der Waals surface area contributed by atoms with Crippen molar-refractivity contribution >= 4 is 17.9 Å². The monoisotopic (exact) mass is 725 g/mol. The summed E-state index contributed by atoms with van der Waals surface area (Å²) in [6.45, 7) is 8.03. The predicted octanol–water partition coefficient (Wildman–Crippen LogP) is 0.899. The number of aliphatic hydroxyl groups is 3. The first kappa shape index (κ1) is 40.2. The van der Waals surface area contributed by atoms with Gasteiger partial charge >= 0.3 is 12.2 Å². The molecule has 1 aromatic carbocycles. The average molecular weight is 726 g/mol. The van der Waals surface area contributed by atoms with Crippen LogP contribution in [-0.4, -0.2) is 119 Å². The van der Waals surface area contributed by atoms with Gasteiger partial charge in [-0.2, -0.15) is 0 Å². The van der Waals surface area contributed by atoms with Crippen molar-refractivity contribution in [1.29, 1.82) is 0 Å². The van der Waals surface area contributed by atoms with Gasteiger partial charge in [-0.15, -0.1) is 0 Å². The Morgan fingerprint density at radius 1 is 1.14 bits per heavy atom. The van der Waals surface area contributed by atoms with Crippen molar-refractivity contribution in [1.82, 2.24) is 16.0 Å². The van der Waals surface area contributed by atoms with Crippen LogP contribution in [0.1, 0.15) is 53.0 Å². The summed E-state index contributed by atoms with van der Waals surface area (Å²) in [6, 6.07) is 3.47. The maximum Gasteiger partial charge on any atom is 0.408 e. The zero-order valence-electron chi connectivity index (χ0n) is 29.6. The topological polar surface area (TPSA) is 255 Å². The van der Waals surface area contributed by atoms with E-state index in [1.807, 2.05) is 6.92 Å². The van der Waals surface area contributed by atoms with E-state index in [0.29, 0.717) is 12.0 Å². The molecule has 2 amide bonds. The Labute approximate surface area is 296 Å². The molecule has 286 valence electrons. The maximum atomic E-state index is 12.8. The largest absolute Gasteiger partial charge is 0.465 e. The molecule has 1 saturated heterocycles. The molecule has 0 spiro atoms. The van der Waals surface area contributed by atoms with Crippen LogP contribution in [0.4, 0.5) is 15.3 Å². The molecule has 1 aromatic rings. The lowest BCUT2D eigenvalue weighted by Crippen LogP contribution is -2.67. The number of carbonyl (C=O) groups excluding carboxylic acids is 2. The van der Waals surface area contributed by atoms with Crippen molar-refractivity contribution in [3.8, 4) is 0 Å². The third-order valence-electron chi connectivity index (χ3n) is 8.82. The van der Waals surface area contributed by atoms with Crippen molar-refractivity contribution in [3.63, 3.8) is 0 Å². The smallest absolute Gasteiger partial charge is 0.408 e. The second kappa shape index (κ2) is 16.8. The molecule has 4 rings (SSSR count). The Bertz CT molecular complexity index is 1410. The van der Waals surface area contributed by atoms with E-state index in [9.17, 15) is 35.0 Å². The summed E-state index contributed by atoms with van der Waals surface area (Å²) < 4.78 is 34.8. The summed E-state index contributed by atoms with van der Waals surface area (Å²) in [5.74, 6) is -0.0410. The van der Waals surface area contributed by atoms with Crippen LogP contribution in [0.3, 0.4) is 0 Å². The van der Waals surface area contributed by atoms with Gasteiger partial charge in [-0.3, -0.25) is 10.1 Å². The number of non-ortho nitro benzene ring substituents is 1. The van der Waals surface area contributed by atoms with Crippen LogP contribution in [-0.2, 0) is 35.0 Å². The number of hydrogen-bond donors (Lipinski definition) is 7. The van der Waals surface area contributed by atoms with Gasteiger partial charge < -0.3 is 65.4 Å². The SMILES string of the molecule is CN[C@@H]1[C@@H](O)[C@@H](O[C@@H]2[C@@H](O)[C@H](O[C@H]3OC(CNC(=O)OCc4cccc([N+](=O)[O-])c4)=CC[C@H]3NC(=O)OC(C)(C)C)[C@@H](C)C[C@H]2N)OC[C@]1(C)O. The fourth-order valence-electron chi connectivity index (χ4n) is 6.34. The number of rotatable bonds is 11. The molecule has 0 aromatic heterocycles. The minimum absolute atomic E-state index is 0.126. The fourth-order valence-corrected chi connectivity index (χ4v) is 6.34. The standard InChI is InChI=1S/C33H51N5O13/c1-17-12-21(34)26(50-29-24(40)27(35-6)33(5,43)16-47-29)23(39)25(17)49-28-22(37-31(42)51-32(2,3)4)11-10-20(48-28)14-36-30(41)46-15-18-8-7-9-19(13-18)38(44)45/h7-10,13,17,21-29,35,39-40,43H,11-12,14-16,34H2,1-6H3,(H,36,41)(H,37,42)/t17-,21+,22+,23-,24+,25+,26-,27+,28+,29+,33-/m0/s1. The highest BCUT2D eigenvalue weighted by Crippen LogP contribution is 2.34. The summed E-state index contributed by atoms with van der Waals surface area (Å²) >= 11 is 0. The number of benzene rings is 1. The minimum Gasteiger partial charge on any atom is -0.465 e. The van der Waals surface area contributed by atoms with Gasteiger partial charge in [0.2, 0.25) is 6.29 Å². The number of hydrogen-bond acceptors (Lipinski definition) is 15. The molecule has 18 nitrogen and oxygen atoms in total. The quantitative estimate of drug-likeness (QED) is 0.124. The van der Waals surface area contributed by atoms with Gasteiger partial charge in [0.25, 0.3) is 5.69 Å². The molecule has 0 bridgehead atoms. The van der Waals surface area contributed by atoms with Gasteiger partial charge in [-0.25, -0.2) is 9.59 Å². The number of nitro benzene ring substituents is 1. The van der Waals surface area contributed by atoms with Crippen LogP contribution in [0, 0.1) is 16.0 Å². The molecular formula is C33H51N5O13. The summed E-state index contributed by atoms with van der Waals surface area (Å²) in [6.07, 6.45) is -6.32. The van der Waals surface area contributed by atoms with Gasteiger partial charge in [0.1, 0.15) is 41.9 Å². The Morgan fingerprint density at radius 2 is 1.84 bits per heavy atom. The number of carbonyl (C=O) groups is 2. The molecule has 2 fully saturated rings. The summed E-state index contributed by atoms with van der Waals surface area (Å²) in [7, 11) is 1.59. The molecule has 1 saturated carbocycles. The van der Waals surface area contributed by atoms with Gasteiger partial charge in [0.15, 0.2) is 6.29 Å². The zero-order valence-corrected chi connectivity index (χ0v) is 29.6. The molecule has 3 aliphatic rings. The van der Waals surface area contributed by atoms with Gasteiger partial charge in [0.05, 0.1) is 36.3 Å². The number of nitro groups is 1. The molecular weight excluding hydrogens is 674 g/mol. The molecule has 51 heavy (non-hydrogen) atoms. The fraction of sp³-hybridized carbons (Fsp3) is 0.697. The van der Waals surface area contributed by atoms with E-state index in [4.69, 9.17) is 34.2 Å². The highest BCUT2D eigenvalue weighted by molar-refractivity contribution is 5.68. The van der Waals surface area contributed by atoms with Crippen LogP contribution < -0.4 is 21.7 Å². The van der Waals surface area contributed by atoms with Gasteiger partial charge in [0, 0.05) is 18.2 Å². The number of nitrogens with two attached hydrogens (primary N) is 1. The predicted molar refractivity (Wildman–Crippen MR) is 179 cm³/mol. The van der Waals surface area contributed by atoms with Crippen molar-refractivity contribution in [2.45, 2.75) is 120 Å². The molecule has 18 heteroatoms. The highest BCUT2D eigenvalue weighted by Gasteiger charge is 2.51. The number of nitrogens with zero attached hydrogens (tertiary/aromatic N) is 1. The Hall–Kier alpha value is -3.62. The van der Waals surface area contributed by atoms with Crippen LogP contribution >= 0.6 is 0 Å². The Balaban J connectivity index is 1.43. The molecule has 0 radical (unpaired) electrons. The number of amides is 2. The first-order valence-electron chi connectivity index (χ1n) is 16.8. The van der Waals surface area contributed by atoms with E-state index in [-0.39, 0.29) is 43.5 Å². The normalized spacial score (nSPS) is 34.0. The maximum absolute atomic E-state index is 12.8. The van der Waals surface area contributed by atoms with E-state index in [0.717, 1.165) is 0 Å². The molecule has 2 heterocycles. The summed E-state index contributed by atoms with van der Waals surface area (Å²) in [5.41, 5.74) is 4.56. The summed E-state index contributed by atoms with van der Waals surface area (Å²) in [4.78, 5) is 35.7. The van der Waals surface area contributed by atoms with E-state index in [2.05, 4.69) is 16.0 Å². The lowest BCUT2D eigenvalue weighted by atomic mass is 9.80. The average Bonchev–Trinajstić information content (AvgIpc) is 3.04. The minimum atomic E-state index is -1.38. The molecule has 11 atom stereocenters. The summed E-state index contributed by atoms with van der Waals surface area (Å²) in [5, 5.41) is 52.4. The van der Waals surface area contributed by atoms with Crippen molar-refractivity contribution in [3.05, 3.63) is 51.8 Å². The number of alkyl carbamates (subject to hydrolysis) is 2. The van der Waals surface area contributed by atoms with Crippen molar-refractivity contribution in [2.24, 2.45) is 11.7 Å². The van der Waals surface area contributed by atoms with E-state index < -0.39 is 83.4 Å². The number of likely N-dealkylation sites (N-methyl/N-ethyl adjacent to an activating group) is 1. The first-order chi connectivity index (χ1) is 23.9. The second-order valence-corrected chi connectivity index (χ2v) is 14.4. The molecule has 8 N–H and O–H groups in total. The van der Waals surface area contributed by atoms with E-state index >= 15 is 0 Å². The van der Waals surface area contributed by atoms with Crippen LogP contribution in [0.2, 0.25) is 0 Å². The van der Waals surface area contributed by atoms with Crippen molar-refractivity contribution in [2.75, 3.05) is 20.2 Å². The number of aliphatic hydroxyl groups excluding tert-OH is 2. The van der Waals surface area contributed by atoms with E-state index in [1.54, 1.807) is 40.0 Å². The van der Waals surface area contributed by atoms with Gasteiger partial charge in [-0.05, 0) is 65.1 Å².